The SMILES string of the molecule is CSN(CCCN)Cc1cccc(-c2cc(NCCc3ccc(O)cc3)ncn2)c1. The van der Waals surface area contributed by atoms with Crippen molar-refractivity contribution in [3.05, 3.63) is 72.1 Å². The summed E-state index contributed by atoms with van der Waals surface area (Å²) in [5, 5.41) is 12.7. The van der Waals surface area contributed by atoms with E-state index in [-0.39, 0.29) is 5.75 Å². The second kappa shape index (κ2) is 11.5. The molecule has 0 spiro atoms. The highest BCUT2D eigenvalue weighted by Gasteiger charge is 2.07. The lowest BCUT2D eigenvalue weighted by Crippen LogP contribution is -2.18. The van der Waals surface area contributed by atoms with Gasteiger partial charge in [-0.25, -0.2) is 14.3 Å². The number of nitrogens with zero attached hydrogens (tertiary/aromatic N) is 3. The summed E-state index contributed by atoms with van der Waals surface area (Å²) < 4.78 is 2.32. The molecule has 1 aromatic heterocycles. The summed E-state index contributed by atoms with van der Waals surface area (Å²) in [5.74, 6) is 1.09. The molecule has 0 unspecified atom stereocenters. The third kappa shape index (κ3) is 6.73. The van der Waals surface area contributed by atoms with E-state index < -0.39 is 0 Å². The van der Waals surface area contributed by atoms with Gasteiger partial charge in [-0.3, -0.25) is 0 Å². The molecule has 158 valence electrons. The Hall–Kier alpha value is -2.61. The summed E-state index contributed by atoms with van der Waals surface area (Å²) in [6.45, 7) is 3.31. The molecule has 0 bridgehead atoms. The monoisotopic (exact) mass is 423 g/mol. The summed E-state index contributed by atoms with van der Waals surface area (Å²) in [7, 11) is 0. The van der Waals surface area contributed by atoms with Gasteiger partial charge in [0, 0.05) is 31.3 Å². The Morgan fingerprint density at radius 1 is 1.07 bits per heavy atom. The van der Waals surface area contributed by atoms with Crippen LogP contribution in [-0.4, -0.2) is 45.3 Å². The molecule has 0 aliphatic carbocycles. The number of benzene rings is 2. The average Bonchev–Trinajstić information content (AvgIpc) is 2.78. The third-order valence-electron chi connectivity index (χ3n) is 4.77. The van der Waals surface area contributed by atoms with Crippen molar-refractivity contribution in [2.75, 3.05) is 31.2 Å². The lowest BCUT2D eigenvalue weighted by molar-refractivity contribution is 0.460. The van der Waals surface area contributed by atoms with E-state index >= 15 is 0 Å². The maximum absolute atomic E-state index is 9.38. The number of hydrogen-bond acceptors (Lipinski definition) is 7. The van der Waals surface area contributed by atoms with Crippen molar-refractivity contribution in [3.8, 4) is 17.0 Å². The first kappa shape index (κ1) is 22.1. The first-order valence-corrected chi connectivity index (χ1v) is 11.3. The first-order valence-electron chi connectivity index (χ1n) is 10.1. The number of phenols is 1. The van der Waals surface area contributed by atoms with Crippen LogP contribution in [0.15, 0.2) is 60.9 Å². The topological polar surface area (TPSA) is 87.3 Å². The number of nitrogens with one attached hydrogen (secondary N) is 1. The van der Waals surface area contributed by atoms with Crippen molar-refractivity contribution in [2.45, 2.75) is 19.4 Å². The summed E-state index contributed by atoms with van der Waals surface area (Å²) in [5.41, 5.74) is 10.0. The lowest BCUT2D eigenvalue weighted by atomic mass is 10.1. The zero-order valence-corrected chi connectivity index (χ0v) is 18.1. The molecule has 0 amide bonds. The van der Waals surface area contributed by atoms with E-state index in [1.54, 1.807) is 30.4 Å². The maximum atomic E-state index is 9.38. The fourth-order valence-corrected chi connectivity index (χ4v) is 3.73. The van der Waals surface area contributed by atoms with Gasteiger partial charge in [-0.15, -0.1) is 0 Å². The van der Waals surface area contributed by atoms with Crippen LogP contribution in [0.25, 0.3) is 11.3 Å². The Morgan fingerprint density at radius 3 is 2.67 bits per heavy atom. The number of aromatic hydroxyl groups is 1. The third-order valence-corrected chi connectivity index (χ3v) is 5.60. The van der Waals surface area contributed by atoms with Crippen LogP contribution in [0.2, 0.25) is 0 Å². The van der Waals surface area contributed by atoms with E-state index in [1.165, 1.54) is 5.56 Å². The highest BCUT2D eigenvalue weighted by atomic mass is 32.2. The minimum atomic E-state index is 0.286. The van der Waals surface area contributed by atoms with Gasteiger partial charge in [0.05, 0.1) is 5.69 Å². The molecular weight excluding hydrogens is 394 g/mol. The van der Waals surface area contributed by atoms with E-state index in [0.717, 1.165) is 55.1 Å². The minimum absolute atomic E-state index is 0.286. The number of aromatic nitrogens is 2. The Balaban J connectivity index is 1.62. The van der Waals surface area contributed by atoms with Gasteiger partial charge in [-0.05, 0) is 55.0 Å². The van der Waals surface area contributed by atoms with Gasteiger partial charge >= 0.3 is 0 Å². The van der Waals surface area contributed by atoms with Crippen molar-refractivity contribution in [1.82, 2.24) is 14.3 Å². The molecule has 30 heavy (non-hydrogen) atoms. The molecule has 2 aromatic carbocycles. The van der Waals surface area contributed by atoms with Gasteiger partial charge in [0.25, 0.3) is 0 Å². The van der Waals surface area contributed by atoms with Crippen molar-refractivity contribution in [1.29, 1.82) is 0 Å². The number of anilines is 1. The lowest BCUT2D eigenvalue weighted by Gasteiger charge is -2.19. The minimum Gasteiger partial charge on any atom is -0.508 e. The van der Waals surface area contributed by atoms with Crippen LogP contribution in [0.4, 0.5) is 5.82 Å². The smallest absolute Gasteiger partial charge is 0.129 e. The van der Waals surface area contributed by atoms with Crippen LogP contribution in [0, 0.1) is 0 Å². The Morgan fingerprint density at radius 2 is 1.90 bits per heavy atom. The number of nitrogens with two attached hydrogens (primary N) is 1. The van der Waals surface area contributed by atoms with Gasteiger partial charge in [0.1, 0.15) is 17.9 Å². The van der Waals surface area contributed by atoms with Crippen molar-refractivity contribution in [3.63, 3.8) is 0 Å². The molecule has 3 rings (SSSR count). The number of phenolic OH excluding ortho intramolecular Hbond substituents is 1. The van der Waals surface area contributed by atoms with Crippen molar-refractivity contribution < 1.29 is 5.11 Å². The van der Waals surface area contributed by atoms with E-state index in [4.69, 9.17) is 5.73 Å². The molecular formula is C23H29N5OS. The van der Waals surface area contributed by atoms with Crippen LogP contribution in [-0.2, 0) is 13.0 Å². The molecule has 1 heterocycles. The van der Waals surface area contributed by atoms with E-state index in [0.29, 0.717) is 6.54 Å². The molecule has 4 N–H and O–H groups in total. The zero-order chi connectivity index (χ0) is 21.2. The largest absolute Gasteiger partial charge is 0.508 e. The Kier molecular flexibility index (Phi) is 8.50. The molecule has 0 aliphatic rings. The molecule has 0 saturated carbocycles. The van der Waals surface area contributed by atoms with Crippen LogP contribution in [0.1, 0.15) is 17.5 Å². The molecule has 0 saturated heterocycles. The summed E-state index contributed by atoms with van der Waals surface area (Å²) in [6, 6.07) is 17.7. The van der Waals surface area contributed by atoms with Gasteiger partial charge in [-0.1, -0.05) is 42.3 Å². The molecule has 3 aromatic rings. The predicted molar refractivity (Wildman–Crippen MR) is 125 cm³/mol. The summed E-state index contributed by atoms with van der Waals surface area (Å²) in [4.78, 5) is 8.80. The van der Waals surface area contributed by atoms with E-state index in [2.05, 4.69) is 50.1 Å². The summed E-state index contributed by atoms with van der Waals surface area (Å²) >= 11 is 1.75. The van der Waals surface area contributed by atoms with Crippen LogP contribution >= 0.6 is 11.9 Å². The number of rotatable bonds is 11. The standard InChI is InChI=1S/C23H29N5OS/c1-30-28(13-3-11-24)16-19-4-2-5-20(14-19)22-15-23(27-17-26-22)25-12-10-18-6-8-21(29)9-7-18/h2,4-9,14-15,17,29H,3,10-13,16,24H2,1H3,(H,25,26,27). The molecule has 0 atom stereocenters. The fourth-order valence-electron chi connectivity index (χ4n) is 3.14. The maximum Gasteiger partial charge on any atom is 0.129 e. The second-order valence-corrected chi connectivity index (χ2v) is 7.90. The van der Waals surface area contributed by atoms with Gasteiger partial charge in [-0.2, -0.15) is 0 Å². The molecule has 7 heteroatoms. The summed E-state index contributed by atoms with van der Waals surface area (Å²) in [6.07, 6.45) is 5.54. The van der Waals surface area contributed by atoms with Crippen molar-refractivity contribution in [2.24, 2.45) is 5.73 Å². The van der Waals surface area contributed by atoms with E-state index in [9.17, 15) is 5.11 Å². The zero-order valence-electron chi connectivity index (χ0n) is 17.3. The fraction of sp³-hybridized carbons (Fsp3) is 0.304. The first-order chi connectivity index (χ1) is 14.7. The van der Waals surface area contributed by atoms with Gasteiger partial charge in [0.2, 0.25) is 0 Å². The predicted octanol–water partition coefficient (Wildman–Crippen LogP) is 3.93. The second-order valence-electron chi connectivity index (χ2n) is 7.02. The average molecular weight is 424 g/mol. The van der Waals surface area contributed by atoms with Crippen LogP contribution < -0.4 is 11.1 Å². The quantitative estimate of drug-likeness (QED) is 0.403. The highest BCUT2D eigenvalue weighted by molar-refractivity contribution is 7.96. The molecule has 6 nitrogen and oxygen atoms in total. The molecule has 0 fully saturated rings. The van der Waals surface area contributed by atoms with Gasteiger partial charge in [0.15, 0.2) is 0 Å². The Labute approximate surface area is 182 Å². The molecule has 0 radical (unpaired) electrons. The van der Waals surface area contributed by atoms with Crippen LogP contribution in [0.5, 0.6) is 5.75 Å². The van der Waals surface area contributed by atoms with Gasteiger partial charge < -0.3 is 16.2 Å². The normalized spacial score (nSPS) is 11.0. The highest BCUT2D eigenvalue weighted by Crippen LogP contribution is 2.22. The Bertz CT molecular complexity index is 919. The van der Waals surface area contributed by atoms with Crippen LogP contribution in [0.3, 0.4) is 0 Å². The number of hydrogen-bond donors (Lipinski definition) is 3. The van der Waals surface area contributed by atoms with E-state index in [1.807, 2.05) is 18.2 Å². The molecule has 0 aliphatic heterocycles. The van der Waals surface area contributed by atoms with Crippen molar-refractivity contribution >= 4 is 17.8 Å².